The van der Waals surface area contributed by atoms with Gasteiger partial charge in [-0.2, -0.15) is 0 Å². The first-order valence-corrected chi connectivity index (χ1v) is 10.7. The predicted molar refractivity (Wildman–Crippen MR) is 111 cm³/mol. The standard InChI is InChI=1S/C19H19N5O2S2/c1-24-17(15-6-3-9-27-15)22-23-19(24)28-11-16(25)20-14-5-2-4-12(10-14)18(26)21-13-7-8-13/h2-6,9-10,13H,7-8,11H2,1H3,(H,20,25)(H,21,26). The Bertz CT molecular complexity index is 996. The Hall–Kier alpha value is -2.65. The van der Waals surface area contributed by atoms with Crippen molar-refractivity contribution < 1.29 is 9.59 Å². The van der Waals surface area contributed by atoms with Gasteiger partial charge in [0.25, 0.3) is 5.91 Å². The third-order valence-electron chi connectivity index (χ3n) is 4.23. The Kier molecular flexibility index (Phi) is 5.45. The number of hydrogen-bond acceptors (Lipinski definition) is 6. The maximum atomic E-state index is 12.3. The van der Waals surface area contributed by atoms with E-state index in [1.54, 1.807) is 35.6 Å². The molecule has 2 aromatic heterocycles. The minimum Gasteiger partial charge on any atom is -0.349 e. The fraction of sp³-hybridized carbons (Fsp3) is 0.263. The van der Waals surface area contributed by atoms with Crippen LogP contribution in [0, 0.1) is 0 Å². The first-order valence-electron chi connectivity index (χ1n) is 8.87. The van der Waals surface area contributed by atoms with Crippen LogP contribution in [0.1, 0.15) is 23.2 Å². The topological polar surface area (TPSA) is 88.9 Å². The molecule has 2 amide bonds. The number of carbonyl (C=O) groups excluding carboxylic acids is 2. The van der Waals surface area contributed by atoms with Gasteiger partial charge in [-0.25, -0.2) is 0 Å². The minimum atomic E-state index is -0.162. The van der Waals surface area contributed by atoms with Crippen LogP contribution >= 0.6 is 23.1 Å². The summed E-state index contributed by atoms with van der Waals surface area (Å²) in [5.41, 5.74) is 1.15. The van der Waals surface area contributed by atoms with E-state index in [2.05, 4.69) is 20.8 Å². The zero-order valence-corrected chi connectivity index (χ0v) is 16.8. The Balaban J connectivity index is 1.34. The second-order valence-electron chi connectivity index (χ2n) is 6.51. The van der Waals surface area contributed by atoms with E-state index in [-0.39, 0.29) is 17.6 Å². The van der Waals surface area contributed by atoms with Gasteiger partial charge in [0.15, 0.2) is 11.0 Å². The SMILES string of the molecule is Cn1c(SCC(=O)Nc2cccc(C(=O)NC3CC3)c2)nnc1-c1cccs1. The normalized spacial score (nSPS) is 13.3. The molecule has 2 heterocycles. The van der Waals surface area contributed by atoms with Gasteiger partial charge in [0, 0.05) is 24.3 Å². The van der Waals surface area contributed by atoms with Gasteiger partial charge in [-0.15, -0.1) is 21.5 Å². The molecule has 2 N–H and O–H groups in total. The van der Waals surface area contributed by atoms with Crippen molar-refractivity contribution >= 4 is 40.6 Å². The van der Waals surface area contributed by atoms with Crippen LogP contribution in [-0.4, -0.2) is 38.4 Å². The summed E-state index contributed by atoms with van der Waals surface area (Å²) in [5.74, 6) is 0.723. The number of benzene rings is 1. The van der Waals surface area contributed by atoms with Crippen LogP contribution in [0.2, 0.25) is 0 Å². The van der Waals surface area contributed by atoms with Crippen LogP contribution in [0.3, 0.4) is 0 Å². The smallest absolute Gasteiger partial charge is 0.251 e. The van der Waals surface area contributed by atoms with Crippen LogP contribution in [-0.2, 0) is 11.8 Å². The Labute approximate surface area is 170 Å². The number of aromatic nitrogens is 3. The fourth-order valence-electron chi connectivity index (χ4n) is 2.62. The Morgan fingerprint density at radius 3 is 2.86 bits per heavy atom. The van der Waals surface area contributed by atoms with Crippen molar-refractivity contribution in [1.29, 1.82) is 0 Å². The molecule has 7 nitrogen and oxygen atoms in total. The number of amides is 2. The van der Waals surface area contributed by atoms with Gasteiger partial charge in [0.05, 0.1) is 10.6 Å². The lowest BCUT2D eigenvalue weighted by atomic mass is 10.2. The molecule has 1 saturated carbocycles. The molecular formula is C19H19N5O2S2. The molecule has 4 rings (SSSR count). The van der Waals surface area contributed by atoms with Crippen molar-refractivity contribution in [3.8, 4) is 10.7 Å². The highest BCUT2D eigenvalue weighted by atomic mass is 32.2. The summed E-state index contributed by atoms with van der Waals surface area (Å²) in [6.07, 6.45) is 2.07. The molecule has 0 saturated heterocycles. The van der Waals surface area contributed by atoms with Crippen molar-refractivity contribution in [2.24, 2.45) is 7.05 Å². The van der Waals surface area contributed by atoms with Gasteiger partial charge in [-0.3, -0.25) is 9.59 Å². The van der Waals surface area contributed by atoms with Crippen molar-refractivity contribution in [2.75, 3.05) is 11.1 Å². The molecule has 0 radical (unpaired) electrons. The van der Waals surface area contributed by atoms with E-state index < -0.39 is 0 Å². The Morgan fingerprint density at radius 2 is 2.11 bits per heavy atom. The predicted octanol–water partition coefficient (Wildman–Crippen LogP) is 3.17. The van der Waals surface area contributed by atoms with E-state index in [1.165, 1.54) is 11.8 Å². The third-order valence-corrected chi connectivity index (χ3v) is 6.12. The number of carbonyl (C=O) groups is 2. The number of anilines is 1. The van der Waals surface area contributed by atoms with Gasteiger partial charge >= 0.3 is 0 Å². The molecule has 28 heavy (non-hydrogen) atoms. The zero-order valence-electron chi connectivity index (χ0n) is 15.2. The molecule has 144 valence electrons. The number of hydrogen-bond donors (Lipinski definition) is 2. The van der Waals surface area contributed by atoms with Gasteiger partial charge in [0.2, 0.25) is 5.91 Å². The molecule has 0 aliphatic heterocycles. The lowest BCUT2D eigenvalue weighted by Crippen LogP contribution is -2.25. The number of thioether (sulfide) groups is 1. The second kappa shape index (κ2) is 8.15. The van der Waals surface area contributed by atoms with Crippen molar-refractivity contribution in [1.82, 2.24) is 20.1 Å². The zero-order chi connectivity index (χ0) is 19.5. The highest BCUT2D eigenvalue weighted by Crippen LogP contribution is 2.26. The first kappa shape index (κ1) is 18.7. The number of nitrogens with one attached hydrogen (secondary N) is 2. The summed E-state index contributed by atoms with van der Waals surface area (Å²) >= 11 is 2.92. The average Bonchev–Trinajstić information content (AvgIpc) is 3.19. The van der Waals surface area contributed by atoms with Crippen LogP contribution in [0.25, 0.3) is 10.7 Å². The van der Waals surface area contributed by atoms with Crippen LogP contribution in [0.4, 0.5) is 5.69 Å². The molecule has 0 atom stereocenters. The van der Waals surface area contributed by atoms with E-state index in [1.807, 2.05) is 29.1 Å². The number of nitrogens with zero attached hydrogens (tertiary/aromatic N) is 3. The maximum absolute atomic E-state index is 12.3. The number of thiophene rings is 1. The molecule has 1 aromatic carbocycles. The molecule has 1 fully saturated rings. The van der Waals surface area contributed by atoms with Crippen molar-refractivity contribution in [3.63, 3.8) is 0 Å². The molecule has 0 bridgehead atoms. The van der Waals surface area contributed by atoms with Crippen molar-refractivity contribution in [2.45, 2.75) is 24.0 Å². The van der Waals surface area contributed by atoms with E-state index in [0.29, 0.717) is 22.4 Å². The van der Waals surface area contributed by atoms with E-state index in [4.69, 9.17) is 0 Å². The minimum absolute atomic E-state index is 0.104. The first-order chi connectivity index (χ1) is 13.6. The third kappa shape index (κ3) is 4.42. The summed E-state index contributed by atoms with van der Waals surface area (Å²) in [6.45, 7) is 0. The van der Waals surface area contributed by atoms with E-state index in [9.17, 15) is 9.59 Å². The number of rotatable bonds is 7. The van der Waals surface area contributed by atoms with Crippen LogP contribution in [0.5, 0.6) is 0 Å². The summed E-state index contributed by atoms with van der Waals surface area (Å²) in [4.78, 5) is 25.5. The maximum Gasteiger partial charge on any atom is 0.251 e. The van der Waals surface area contributed by atoms with E-state index in [0.717, 1.165) is 23.5 Å². The molecule has 9 heteroatoms. The van der Waals surface area contributed by atoms with Crippen LogP contribution in [0.15, 0.2) is 46.9 Å². The fourth-order valence-corrected chi connectivity index (χ4v) is 4.08. The second-order valence-corrected chi connectivity index (χ2v) is 8.40. The molecule has 0 unspecified atom stereocenters. The monoisotopic (exact) mass is 413 g/mol. The molecule has 1 aliphatic carbocycles. The lowest BCUT2D eigenvalue weighted by Gasteiger charge is -2.08. The Morgan fingerprint density at radius 1 is 1.25 bits per heavy atom. The summed E-state index contributed by atoms with van der Waals surface area (Å²) in [7, 11) is 1.89. The molecule has 3 aromatic rings. The van der Waals surface area contributed by atoms with Gasteiger partial charge in [0.1, 0.15) is 0 Å². The van der Waals surface area contributed by atoms with Gasteiger partial charge < -0.3 is 15.2 Å². The van der Waals surface area contributed by atoms with Gasteiger partial charge in [-0.05, 0) is 42.5 Å². The van der Waals surface area contributed by atoms with Crippen LogP contribution < -0.4 is 10.6 Å². The molecule has 1 aliphatic rings. The average molecular weight is 414 g/mol. The van der Waals surface area contributed by atoms with Crippen molar-refractivity contribution in [3.05, 3.63) is 47.3 Å². The summed E-state index contributed by atoms with van der Waals surface area (Å²) in [5, 5.41) is 16.8. The summed E-state index contributed by atoms with van der Waals surface area (Å²) < 4.78 is 1.88. The highest BCUT2D eigenvalue weighted by molar-refractivity contribution is 7.99. The molecular weight excluding hydrogens is 394 g/mol. The van der Waals surface area contributed by atoms with Gasteiger partial charge in [-0.1, -0.05) is 23.9 Å². The largest absolute Gasteiger partial charge is 0.349 e. The molecule has 0 spiro atoms. The summed E-state index contributed by atoms with van der Waals surface area (Å²) in [6, 6.07) is 11.2. The van der Waals surface area contributed by atoms with E-state index >= 15 is 0 Å². The quantitative estimate of drug-likeness (QED) is 0.581. The lowest BCUT2D eigenvalue weighted by molar-refractivity contribution is -0.113. The highest BCUT2D eigenvalue weighted by Gasteiger charge is 2.23.